The minimum Gasteiger partial charge on any atom is -0.349 e. The Morgan fingerprint density at radius 1 is 1.19 bits per heavy atom. The van der Waals surface area contributed by atoms with Crippen molar-refractivity contribution < 1.29 is 4.79 Å². The third kappa shape index (κ3) is 3.55. The summed E-state index contributed by atoms with van der Waals surface area (Å²) in [6.45, 7) is 2.06. The molecule has 110 valence electrons. The van der Waals surface area contributed by atoms with E-state index in [4.69, 9.17) is 0 Å². The predicted molar refractivity (Wildman–Crippen MR) is 94.1 cm³/mol. The van der Waals surface area contributed by atoms with Gasteiger partial charge < -0.3 is 5.32 Å². The van der Waals surface area contributed by atoms with Gasteiger partial charge in [-0.3, -0.25) is 4.79 Å². The number of amides is 1. The van der Waals surface area contributed by atoms with E-state index in [0.717, 1.165) is 22.8 Å². The van der Waals surface area contributed by atoms with Crippen LogP contribution in [0.2, 0.25) is 0 Å². The maximum Gasteiger partial charge on any atom is 0.234 e. The van der Waals surface area contributed by atoms with E-state index < -0.39 is 0 Å². The largest absolute Gasteiger partial charge is 0.349 e. The van der Waals surface area contributed by atoms with Crippen LogP contribution in [0.1, 0.15) is 18.5 Å². The van der Waals surface area contributed by atoms with Crippen LogP contribution in [0, 0.1) is 0 Å². The number of nitrogens with one attached hydrogen (secondary N) is 1. The first-order valence-electron chi connectivity index (χ1n) is 7.22. The molecular weight excluding hydrogens is 298 g/mol. The standard InChI is InChI=1S/C17H19NOS2/c1-12(18-17(19)16-11-20-8-9-21-16)14-7-6-13-4-2-3-5-15(13)10-14/h2-7,10,12,16H,8-9,11H2,1H3,(H,18,19). The number of rotatable bonds is 3. The van der Waals surface area contributed by atoms with Crippen molar-refractivity contribution in [2.45, 2.75) is 18.2 Å². The number of fused-ring (bicyclic) bond motifs is 1. The number of benzene rings is 2. The summed E-state index contributed by atoms with van der Waals surface area (Å²) in [6.07, 6.45) is 0. The molecule has 2 aromatic carbocycles. The molecule has 1 N–H and O–H groups in total. The molecular formula is C17H19NOS2. The molecule has 4 heteroatoms. The van der Waals surface area contributed by atoms with Crippen molar-refractivity contribution >= 4 is 40.2 Å². The lowest BCUT2D eigenvalue weighted by Crippen LogP contribution is -2.37. The third-order valence-corrected chi connectivity index (χ3v) is 6.49. The smallest absolute Gasteiger partial charge is 0.234 e. The highest BCUT2D eigenvalue weighted by Gasteiger charge is 2.23. The van der Waals surface area contributed by atoms with Gasteiger partial charge in [0, 0.05) is 17.3 Å². The summed E-state index contributed by atoms with van der Waals surface area (Å²) in [5, 5.41) is 5.72. The van der Waals surface area contributed by atoms with Crippen molar-refractivity contribution in [2.24, 2.45) is 0 Å². The molecule has 0 saturated carbocycles. The Kier molecular flexibility index (Phi) is 4.76. The van der Waals surface area contributed by atoms with E-state index in [2.05, 4.69) is 42.6 Å². The van der Waals surface area contributed by atoms with Crippen molar-refractivity contribution in [1.82, 2.24) is 5.32 Å². The summed E-state index contributed by atoms with van der Waals surface area (Å²) in [6, 6.07) is 14.8. The number of carbonyl (C=O) groups excluding carboxylic acids is 1. The van der Waals surface area contributed by atoms with E-state index in [9.17, 15) is 4.79 Å². The molecule has 2 atom stereocenters. The highest BCUT2D eigenvalue weighted by Crippen LogP contribution is 2.25. The Labute approximate surface area is 134 Å². The summed E-state index contributed by atoms with van der Waals surface area (Å²) >= 11 is 3.65. The zero-order valence-corrected chi connectivity index (χ0v) is 13.7. The minimum atomic E-state index is 0.0506. The van der Waals surface area contributed by atoms with Crippen LogP contribution < -0.4 is 5.32 Å². The Morgan fingerprint density at radius 2 is 2.00 bits per heavy atom. The van der Waals surface area contributed by atoms with E-state index in [1.807, 2.05) is 23.9 Å². The third-order valence-electron chi connectivity index (χ3n) is 3.74. The molecule has 0 bridgehead atoms. The molecule has 1 aliphatic rings. The highest BCUT2D eigenvalue weighted by molar-refractivity contribution is 8.07. The van der Waals surface area contributed by atoms with Gasteiger partial charge in [0.05, 0.1) is 11.3 Å². The van der Waals surface area contributed by atoms with Gasteiger partial charge in [-0.05, 0) is 29.3 Å². The molecule has 1 fully saturated rings. The Balaban J connectivity index is 1.71. The summed E-state index contributed by atoms with van der Waals surface area (Å²) in [5.74, 6) is 3.34. The zero-order chi connectivity index (χ0) is 14.7. The summed E-state index contributed by atoms with van der Waals surface area (Å²) in [5.41, 5.74) is 1.16. The van der Waals surface area contributed by atoms with Crippen LogP contribution >= 0.6 is 23.5 Å². The lowest BCUT2D eigenvalue weighted by molar-refractivity contribution is -0.120. The van der Waals surface area contributed by atoms with E-state index >= 15 is 0 Å². The number of carbonyl (C=O) groups is 1. The average molecular weight is 317 g/mol. The molecule has 1 heterocycles. The number of hydrogen-bond acceptors (Lipinski definition) is 3. The topological polar surface area (TPSA) is 29.1 Å². The van der Waals surface area contributed by atoms with E-state index in [1.165, 1.54) is 10.8 Å². The van der Waals surface area contributed by atoms with Crippen LogP contribution in [-0.2, 0) is 4.79 Å². The van der Waals surface area contributed by atoms with E-state index in [0.29, 0.717) is 0 Å². The second-order valence-corrected chi connectivity index (χ2v) is 7.73. The molecule has 0 spiro atoms. The zero-order valence-electron chi connectivity index (χ0n) is 12.0. The lowest BCUT2D eigenvalue weighted by Gasteiger charge is -2.23. The fourth-order valence-electron chi connectivity index (χ4n) is 2.51. The second-order valence-electron chi connectivity index (χ2n) is 5.27. The summed E-state index contributed by atoms with van der Waals surface area (Å²) in [4.78, 5) is 12.3. The van der Waals surface area contributed by atoms with E-state index in [-0.39, 0.29) is 17.2 Å². The van der Waals surface area contributed by atoms with Gasteiger partial charge in [0.15, 0.2) is 0 Å². The van der Waals surface area contributed by atoms with Crippen LogP contribution in [-0.4, -0.2) is 28.4 Å². The van der Waals surface area contributed by atoms with Gasteiger partial charge in [-0.15, -0.1) is 11.8 Å². The Morgan fingerprint density at radius 3 is 2.76 bits per heavy atom. The lowest BCUT2D eigenvalue weighted by atomic mass is 10.0. The molecule has 1 amide bonds. The first-order chi connectivity index (χ1) is 10.2. The molecule has 0 aromatic heterocycles. The minimum absolute atomic E-state index is 0.0506. The van der Waals surface area contributed by atoms with Gasteiger partial charge in [0.1, 0.15) is 0 Å². The molecule has 2 unspecified atom stereocenters. The second kappa shape index (κ2) is 6.75. The van der Waals surface area contributed by atoms with Crippen LogP contribution in [0.15, 0.2) is 42.5 Å². The predicted octanol–water partition coefficient (Wildman–Crippen LogP) is 3.87. The van der Waals surface area contributed by atoms with Gasteiger partial charge in [-0.2, -0.15) is 11.8 Å². The van der Waals surface area contributed by atoms with Crippen molar-refractivity contribution in [1.29, 1.82) is 0 Å². The van der Waals surface area contributed by atoms with Crippen molar-refractivity contribution in [3.63, 3.8) is 0 Å². The van der Waals surface area contributed by atoms with Crippen LogP contribution in [0.3, 0.4) is 0 Å². The molecule has 2 aromatic rings. The SMILES string of the molecule is CC(NC(=O)C1CSCCS1)c1ccc2ccccc2c1. The summed E-state index contributed by atoms with van der Waals surface area (Å²) < 4.78 is 0. The average Bonchev–Trinajstić information content (AvgIpc) is 2.55. The van der Waals surface area contributed by atoms with Crippen molar-refractivity contribution in [2.75, 3.05) is 17.3 Å². The first kappa shape index (κ1) is 14.8. The Hall–Kier alpha value is -1.13. The van der Waals surface area contributed by atoms with Crippen LogP contribution in [0.4, 0.5) is 0 Å². The van der Waals surface area contributed by atoms with Crippen LogP contribution in [0.5, 0.6) is 0 Å². The van der Waals surface area contributed by atoms with Crippen molar-refractivity contribution in [3.8, 4) is 0 Å². The monoisotopic (exact) mass is 317 g/mol. The van der Waals surface area contributed by atoms with Gasteiger partial charge in [0.2, 0.25) is 5.91 Å². The maximum absolute atomic E-state index is 12.3. The van der Waals surface area contributed by atoms with Gasteiger partial charge in [0.25, 0.3) is 0 Å². The fourth-order valence-corrected chi connectivity index (χ4v) is 5.07. The normalized spacial score (nSPS) is 20.1. The molecule has 3 rings (SSSR count). The van der Waals surface area contributed by atoms with Crippen LogP contribution in [0.25, 0.3) is 10.8 Å². The fraction of sp³-hybridized carbons (Fsp3) is 0.353. The summed E-state index contributed by atoms with van der Waals surface area (Å²) in [7, 11) is 0. The van der Waals surface area contributed by atoms with Gasteiger partial charge in [-0.1, -0.05) is 36.4 Å². The molecule has 1 aliphatic heterocycles. The number of thioether (sulfide) groups is 2. The number of hydrogen-bond donors (Lipinski definition) is 1. The van der Waals surface area contributed by atoms with Gasteiger partial charge in [-0.25, -0.2) is 0 Å². The Bertz CT molecular complexity index is 637. The molecule has 2 nitrogen and oxygen atoms in total. The molecule has 0 aliphatic carbocycles. The first-order valence-corrected chi connectivity index (χ1v) is 9.43. The molecule has 21 heavy (non-hydrogen) atoms. The van der Waals surface area contributed by atoms with Crippen molar-refractivity contribution in [3.05, 3.63) is 48.0 Å². The highest BCUT2D eigenvalue weighted by atomic mass is 32.2. The maximum atomic E-state index is 12.3. The van der Waals surface area contributed by atoms with Gasteiger partial charge >= 0.3 is 0 Å². The molecule has 0 radical (unpaired) electrons. The van der Waals surface area contributed by atoms with E-state index in [1.54, 1.807) is 11.8 Å². The molecule has 1 saturated heterocycles. The quantitative estimate of drug-likeness (QED) is 0.932.